The molecule has 26 heavy (non-hydrogen) atoms. The van der Waals surface area contributed by atoms with Crippen molar-refractivity contribution >= 4 is 29.9 Å². The van der Waals surface area contributed by atoms with Crippen molar-refractivity contribution in [2.24, 2.45) is 4.99 Å². The topological polar surface area (TPSA) is 39.7 Å². The number of aliphatic imine (C=N–C) groups is 1. The lowest BCUT2D eigenvalue weighted by molar-refractivity contribution is 0.402. The number of benzene rings is 2. The number of nitrogens with zero attached hydrogens (tertiary/aromatic N) is 2. The van der Waals surface area contributed by atoms with Crippen molar-refractivity contribution in [2.75, 3.05) is 20.6 Å². The van der Waals surface area contributed by atoms with Crippen LogP contribution in [0.5, 0.6) is 0 Å². The lowest BCUT2D eigenvalue weighted by atomic mass is 10.1. The van der Waals surface area contributed by atoms with Crippen LogP contribution in [-0.2, 0) is 13.1 Å². The second-order valence-corrected chi connectivity index (χ2v) is 6.53. The van der Waals surface area contributed by atoms with Gasteiger partial charge in [0.15, 0.2) is 5.96 Å². The molecule has 0 spiro atoms. The molecule has 0 bridgehead atoms. The van der Waals surface area contributed by atoms with Crippen molar-refractivity contribution < 1.29 is 0 Å². The number of nitrogens with one attached hydrogen (secondary N) is 2. The van der Waals surface area contributed by atoms with Crippen molar-refractivity contribution in [3.05, 3.63) is 71.3 Å². The molecule has 0 aliphatic heterocycles. The summed E-state index contributed by atoms with van der Waals surface area (Å²) in [6.45, 7) is 6.70. The molecule has 0 radical (unpaired) electrons. The van der Waals surface area contributed by atoms with E-state index in [1.165, 1.54) is 16.7 Å². The summed E-state index contributed by atoms with van der Waals surface area (Å²) in [6, 6.07) is 19.3. The van der Waals surface area contributed by atoms with E-state index in [2.05, 4.69) is 92.0 Å². The van der Waals surface area contributed by atoms with Crippen LogP contribution in [0.1, 0.15) is 36.6 Å². The summed E-state index contributed by atoms with van der Waals surface area (Å²) in [5, 5.41) is 6.80. The van der Waals surface area contributed by atoms with Crippen LogP contribution in [-0.4, -0.2) is 31.5 Å². The Morgan fingerprint density at radius 2 is 1.62 bits per heavy atom. The summed E-state index contributed by atoms with van der Waals surface area (Å²) >= 11 is 0. The Balaban J connectivity index is 0.00000338. The van der Waals surface area contributed by atoms with Gasteiger partial charge in [-0.3, -0.25) is 0 Å². The molecule has 1 atom stereocenters. The molecular weight excluding hydrogens is 435 g/mol. The highest BCUT2D eigenvalue weighted by molar-refractivity contribution is 14.0. The van der Waals surface area contributed by atoms with Crippen molar-refractivity contribution in [1.29, 1.82) is 0 Å². The van der Waals surface area contributed by atoms with Crippen LogP contribution in [0, 0.1) is 0 Å². The minimum absolute atomic E-state index is 0. The van der Waals surface area contributed by atoms with E-state index < -0.39 is 0 Å². The summed E-state index contributed by atoms with van der Waals surface area (Å²) in [4.78, 5) is 6.90. The first-order chi connectivity index (χ1) is 12.1. The SMILES string of the molecule is CCNC(=NCc1ccc(CN(C)C)cc1)NC(C)c1ccccc1.I. The first kappa shape index (κ1) is 22.4. The van der Waals surface area contributed by atoms with E-state index in [9.17, 15) is 0 Å². The molecule has 2 rings (SSSR count). The van der Waals surface area contributed by atoms with Gasteiger partial charge < -0.3 is 15.5 Å². The van der Waals surface area contributed by atoms with E-state index in [0.29, 0.717) is 6.54 Å². The molecule has 0 heterocycles. The second-order valence-electron chi connectivity index (χ2n) is 6.53. The van der Waals surface area contributed by atoms with Gasteiger partial charge in [0.2, 0.25) is 0 Å². The monoisotopic (exact) mass is 466 g/mol. The van der Waals surface area contributed by atoms with Gasteiger partial charge in [0, 0.05) is 13.1 Å². The van der Waals surface area contributed by atoms with Crippen LogP contribution in [0.25, 0.3) is 0 Å². The quantitative estimate of drug-likeness (QED) is 0.366. The highest BCUT2D eigenvalue weighted by atomic mass is 127. The Hall–Kier alpha value is -1.60. The Bertz CT molecular complexity index is 653. The maximum absolute atomic E-state index is 4.72. The zero-order chi connectivity index (χ0) is 18.1. The van der Waals surface area contributed by atoms with Crippen LogP contribution < -0.4 is 10.6 Å². The number of halogens is 1. The average molecular weight is 466 g/mol. The van der Waals surface area contributed by atoms with Crippen LogP contribution >= 0.6 is 24.0 Å². The van der Waals surface area contributed by atoms with E-state index in [0.717, 1.165) is 19.0 Å². The molecule has 0 saturated carbocycles. The third-order valence-corrected chi connectivity index (χ3v) is 3.94. The van der Waals surface area contributed by atoms with Crippen LogP contribution in [0.15, 0.2) is 59.6 Å². The first-order valence-corrected chi connectivity index (χ1v) is 8.91. The Kier molecular flexibility index (Phi) is 10.3. The highest BCUT2D eigenvalue weighted by Gasteiger charge is 2.07. The van der Waals surface area contributed by atoms with Crippen LogP contribution in [0.3, 0.4) is 0 Å². The van der Waals surface area contributed by atoms with E-state index in [1.807, 2.05) is 6.07 Å². The zero-order valence-corrected chi connectivity index (χ0v) is 18.5. The van der Waals surface area contributed by atoms with Crippen molar-refractivity contribution in [3.8, 4) is 0 Å². The van der Waals surface area contributed by atoms with Crippen LogP contribution in [0.4, 0.5) is 0 Å². The fraction of sp³-hybridized carbons (Fsp3) is 0.381. The highest BCUT2D eigenvalue weighted by Crippen LogP contribution is 2.11. The van der Waals surface area contributed by atoms with Gasteiger partial charge in [-0.25, -0.2) is 4.99 Å². The Labute approximate surface area is 175 Å². The summed E-state index contributed by atoms with van der Waals surface area (Å²) in [7, 11) is 4.17. The molecular formula is C21H31IN4. The van der Waals surface area contributed by atoms with Crippen LogP contribution in [0.2, 0.25) is 0 Å². The molecule has 0 aliphatic rings. The third kappa shape index (κ3) is 7.74. The molecule has 142 valence electrons. The number of hydrogen-bond donors (Lipinski definition) is 2. The molecule has 0 fully saturated rings. The molecule has 0 aliphatic carbocycles. The van der Waals surface area contributed by atoms with E-state index >= 15 is 0 Å². The van der Waals surface area contributed by atoms with Gasteiger partial charge in [-0.15, -0.1) is 24.0 Å². The fourth-order valence-electron chi connectivity index (χ4n) is 2.64. The van der Waals surface area contributed by atoms with Crippen molar-refractivity contribution in [1.82, 2.24) is 15.5 Å². The molecule has 0 saturated heterocycles. The van der Waals surface area contributed by atoms with E-state index in [-0.39, 0.29) is 30.0 Å². The molecule has 4 nitrogen and oxygen atoms in total. The largest absolute Gasteiger partial charge is 0.357 e. The van der Waals surface area contributed by atoms with Gasteiger partial charge in [-0.2, -0.15) is 0 Å². The average Bonchev–Trinajstić information content (AvgIpc) is 2.61. The molecule has 1 unspecified atom stereocenters. The standard InChI is InChI=1S/C21H30N4.HI/c1-5-22-21(24-17(2)20-9-7-6-8-10-20)23-15-18-11-13-19(14-12-18)16-25(3)4;/h6-14,17H,5,15-16H2,1-4H3,(H2,22,23,24);1H. The summed E-state index contributed by atoms with van der Waals surface area (Å²) in [5.74, 6) is 0.844. The molecule has 2 aromatic carbocycles. The van der Waals surface area contributed by atoms with E-state index in [4.69, 9.17) is 4.99 Å². The predicted molar refractivity (Wildman–Crippen MR) is 122 cm³/mol. The number of rotatable bonds is 7. The Morgan fingerprint density at radius 3 is 2.19 bits per heavy atom. The first-order valence-electron chi connectivity index (χ1n) is 8.91. The van der Waals surface area contributed by atoms with Gasteiger partial charge in [0.25, 0.3) is 0 Å². The Morgan fingerprint density at radius 1 is 1.00 bits per heavy atom. The number of guanidine groups is 1. The van der Waals surface area contributed by atoms with Gasteiger partial charge in [-0.1, -0.05) is 54.6 Å². The summed E-state index contributed by atoms with van der Waals surface area (Å²) in [6.07, 6.45) is 0. The van der Waals surface area contributed by atoms with Crippen molar-refractivity contribution in [3.63, 3.8) is 0 Å². The lowest BCUT2D eigenvalue weighted by Crippen LogP contribution is -2.38. The summed E-state index contributed by atoms with van der Waals surface area (Å²) < 4.78 is 0. The van der Waals surface area contributed by atoms with Gasteiger partial charge in [-0.05, 0) is 44.6 Å². The minimum atomic E-state index is 0. The maximum Gasteiger partial charge on any atom is 0.192 e. The molecule has 2 aromatic rings. The fourth-order valence-corrected chi connectivity index (χ4v) is 2.64. The summed E-state index contributed by atoms with van der Waals surface area (Å²) in [5.41, 5.74) is 3.79. The molecule has 5 heteroatoms. The predicted octanol–water partition coefficient (Wildman–Crippen LogP) is 4.18. The third-order valence-electron chi connectivity index (χ3n) is 3.94. The molecule has 0 amide bonds. The van der Waals surface area contributed by atoms with Gasteiger partial charge >= 0.3 is 0 Å². The van der Waals surface area contributed by atoms with Gasteiger partial charge in [0.1, 0.15) is 0 Å². The lowest BCUT2D eigenvalue weighted by Gasteiger charge is -2.18. The minimum Gasteiger partial charge on any atom is -0.357 e. The molecule has 2 N–H and O–H groups in total. The van der Waals surface area contributed by atoms with Crippen molar-refractivity contribution in [2.45, 2.75) is 33.0 Å². The second kappa shape index (κ2) is 11.9. The zero-order valence-electron chi connectivity index (χ0n) is 16.2. The normalized spacial score (nSPS) is 12.4. The maximum atomic E-state index is 4.72. The van der Waals surface area contributed by atoms with E-state index in [1.54, 1.807) is 0 Å². The smallest absolute Gasteiger partial charge is 0.192 e. The number of hydrogen-bond acceptors (Lipinski definition) is 2. The molecule has 0 aromatic heterocycles. The van der Waals surface area contributed by atoms with Gasteiger partial charge in [0.05, 0.1) is 12.6 Å².